The number of carbonyl (C=O) groups excluding carboxylic acids is 1. The van der Waals surface area contributed by atoms with Gasteiger partial charge in [0.15, 0.2) is 17.2 Å². The molecule has 2 aromatic carbocycles. The van der Waals surface area contributed by atoms with E-state index in [1.54, 1.807) is 6.07 Å². The first-order valence-electron chi connectivity index (χ1n) is 13.1. The molecule has 1 amide bonds. The van der Waals surface area contributed by atoms with Crippen molar-refractivity contribution in [3.63, 3.8) is 0 Å². The van der Waals surface area contributed by atoms with Gasteiger partial charge in [0.1, 0.15) is 12.3 Å². The van der Waals surface area contributed by atoms with Crippen LogP contribution in [0, 0.1) is 6.92 Å². The maximum absolute atomic E-state index is 13.3. The van der Waals surface area contributed by atoms with Crippen molar-refractivity contribution in [1.29, 1.82) is 0 Å². The molecule has 13 heteroatoms. The minimum Gasteiger partial charge on any atom is -0.490 e. The van der Waals surface area contributed by atoms with Gasteiger partial charge in [0.25, 0.3) is 5.91 Å². The number of aromatic nitrogens is 5. The lowest BCUT2D eigenvalue weighted by molar-refractivity contribution is 0.0945. The molecule has 3 heterocycles. The van der Waals surface area contributed by atoms with Crippen LogP contribution in [0.3, 0.4) is 0 Å². The second-order valence-corrected chi connectivity index (χ2v) is 9.37. The van der Waals surface area contributed by atoms with Crippen molar-refractivity contribution in [2.24, 2.45) is 5.10 Å². The van der Waals surface area contributed by atoms with Crippen LogP contribution in [-0.4, -0.2) is 62.0 Å². The summed E-state index contributed by atoms with van der Waals surface area (Å²) in [6, 6.07) is 13.6. The number of aryl methyl sites for hydroxylation is 1. The van der Waals surface area contributed by atoms with Gasteiger partial charge in [-0.15, -0.1) is 5.10 Å². The number of anilines is 1. The van der Waals surface area contributed by atoms with Gasteiger partial charge in [-0.25, -0.2) is 10.1 Å². The van der Waals surface area contributed by atoms with Gasteiger partial charge in [0.2, 0.25) is 11.6 Å². The number of nitrogens with one attached hydrogen (secondary N) is 1. The Balaban J connectivity index is 1.30. The average molecular weight is 546 g/mol. The Morgan fingerprint density at radius 2 is 1.93 bits per heavy atom. The number of hydrogen-bond acceptors (Lipinski definition) is 11. The number of rotatable bonds is 11. The molecule has 2 aromatic heterocycles. The van der Waals surface area contributed by atoms with E-state index in [4.69, 9.17) is 19.8 Å². The summed E-state index contributed by atoms with van der Waals surface area (Å²) in [4.78, 5) is 15.5. The third kappa shape index (κ3) is 6.26. The summed E-state index contributed by atoms with van der Waals surface area (Å²) in [6.07, 6.45) is 3.71. The molecule has 1 saturated heterocycles. The quantitative estimate of drug-likeness (QED) is 0.212. The predicted octanol–water partition coefficient (Wildman–Crippen LogP) is 2.88. The number of nitrogens with zero attached hydrogens (tertiary/aromatic N) is 7. The summed E-state index contributed by atoms with van der Waals surface area (Å²) >= 11 is 0. The standard InChI is InChI=1S/C27H31N9O4/c1-3-38-23-14-20(10-11-22(23)39-17-19-8-6-18(2)7-9-19)15-29-31-27(37)24-21(16-35-12-4-5-13-35)30-34-36(24)26-25(28)32-40-33-26/h6-11,14-15H,3-5,12-13,16-17H2,1-2H3,(H2,28,32)(H,31,37)/b29-15+. The fraction of sp³-hybridized carbons (Fsp3) is 0.333. The number of likely N-dealkylation sites (tertiary alicyclic amines) is 1. The van der Waals surface area contributed by atoms with E-state index in [1.807, 2.05) is 50.2 Å². The Morgan fingerprint density at radius 3 is 2.65 bits per heavy atom. The van der Waals surface area contributed by atoms with Crippen molar-refractivity contribution in [2.45, 2.75) is 39.8 Å². The fourth-order valence-corrected chi connectivity index (χ4v) is 4.34. The van der Waals surface area contributed by atoms with Crippen LogP contribution in [-0.2, 0) is 13.2 Å². The van der Waals surface area contributed by atoms with Crippen molar-refractivity contribution in [3.05, 3.63) is 70.5 Å². The molecule has 0 radical (unpaired) electrons. The molecule has 208 valence electrons. The van der Waals surface area contributed by atoms with Gasteiger partial charge in [0.05, 0.1) is 12.8 Å². The molecule has 1 aliphatic heterocycles. The highest BCUT2D eigenvalue weighted by Crippen LogP contribution is 2.29. The SMILES string of the molecule is CCOc1cc(/C=N/NC(=O)c2c(CN3CCCC3)nnn2-c2nonc2N)ccc1OCc1ccc(C)cc1. The summed E-state index contributed by atoms with van der Waals surface area (Å²) in [5, 5.41) is 19.8. The maximum Gasteiger partial charge on any atom is 0.292 e. The molecule has 0 spiro atoms. The molecule has 1 aliphatic rings. The monoisotopic (exact) mass is 545 g/mol. The lowest BCUT2D eigenvalue weighted by Gasteiger charge is -2.13. The average Bonchev–Trinajstić information content (AvgIpc) is 3.71. The Bertz CT molecular complexity index is 1470. The van der Waals surface area contributed by atoms with Crippen LogP contribution in [0.1, 0.15) is 52.6 Å². The molecular formula is C27H31N9O4. The molecule has 40 heavy (non-hydrogen) atoms. The van der Waals surface area contributed by atoms with Gasteiger partial charge in [-0.2, -0.15) is 9.78 Å². The van der Waals surface area contributed by atoms with E-state index in [2.05, 4.69) is 36.1 Å². The normalized spacial score (nSPS) is 13.7. The number of hydrogen-bond donors (Lipinski definition) is 2. The molecule has 4 aromatic rings. The molecule has 0 atom stereocenters. The molecule has 0 aliphatic carbocycles. The lowest BCUT2D eigenvalue weighted by Crippen LogP contribution is -2.26. The summed E-state index contributed by atoms with van der Waals surface area (Å²) in [5.41, 5.74) is 12.0. The van der Waals surface area contributed by atoms with Gasteiger partial charge >= 0.3 is 0 Å². The third-order valence-electron chi connectivity index (χ3n) is 6.39. The molecule has 5 rings (SSSR count). The van der Waals surface area contributed by atoms with Gasteiger partial charge in [-0.3, -0.25) is 9.69 Å². The Labute approximate surface area is 230 Å². The minimum atomic E-state index is -0.527. The van der Waals surface area contributed by atoms with Crippen LogP contribution in [0.2, 0.25) is 0 Å². The van der Waals surface area contributed by atoms with E-state index in [1.165, 1.54) is 16.5 Å². The Hall–Kier alpha value is -4.78. The molecule has 3 N–H and O–H groups in total. The van der Waals surface area contributed by atoms with E-state index in [9.17, 15) is 4.79 Å². The van der Waals surface area contributed by atoms with E-state index in [-0.39, 0.29) is 17.3 Å². The number of amides is 1. The van der Waals surface area contributed by atoms with E-state index in [0.717, 1.165) is 31.5 Å². The van der Waals surface area contributed by atoms with Crippen molar-refractivity contribution >= 4 is 17.9 Å². The van der Waals surface area contributed by atoms with E-state index < -0.39 is 5.91 Å². The Kier molecular flexibility index (Phi) is 8.30. The number of carbonyl (C=O) groups is 1. The largest absolute Gasteiger partial charge is 0.490 e. The van der Waals surface area contributed by atoms with Crippen LogP contribution in [0.5, 0.6) is 11.5 Å². The van der Waals surface area contributed by atoms with Crippen LogP contribution in [0.15, 0.2) is 52.2 Å². The molecule has 1 fully saturated rings. The van der Waals surface area contributed by atoms with Crippen LogP contribution in [0.25, 0.3) is 5.82 Å². The lowest BCUT2D eigenvalue weighted by atomic mass is 10.2. The molecular weight excluding hydrogens is 514 g/mol. The summed E-state index contributed by atoms with van der Waals surface area (Å²) in [7, 11) is 0. The molecule has 0 saturated carbocycles. The fourth-order valence-electron chi connectivity index (χ4n) is 4.34. The molecule has 0 bridgehead atoms. The molecule has 0 unspecified atom stereocenters. The minimum absolute atomic E-state index is 0.0108. The number of nitrogens with two attached hydrogens (primary N) is 1. The van der Waals surface area contributed by atoms with Crippen molar-refractivity contribution < 1.29 is 18.9 Å². The third-order valence-corrected chi connectivity index (χ3v) is 6.39. The highest BCUT2D eigenvalue weighted by atomic mass is 16.6. The van der Waals surface area contributed by atoms with Crippen molar-refractivity contribution in [1.82, 2.24) is 35.6 Å². The van der Waals surface area contributed by atoms with Gasteiger partial charge in [-0.05, 0) is 79.4 Å². The van der Waals surface area contributed by atoms with Crippen LogP contribution in [0.4, 0.5) is 5.82 Å². The summed E-state index contributed by atoms with van der Waals surface area (Å²) in [5.74, 6) is 0.735. The van der Waals surface area contributed by atoms with Crippen molar-refractivity contribution in [3.8, 4) is 17.3 Å². The van der Waals surface area contributed by atoms with Gasteiger partial charge in [0, 0.05) is 6.54 Å². The van der Waals surface area contributed by atoms with E-state index in [0.29, 0.717) is 42.5 Å². The second kappa shape index (κ2) is 12.4. The summed E-state index contributed by atoms with van der Waals surface area (Å²) < 4.78 is 17.7. The number of nitrogen functional groups attached to an aromatic ring is 1. The zero-order chi connectivity index (χ0) is 27.9. The first-order valence-corrected chi connectivity index (χ1v) is 13.1. The highest BCUT2D eigenvalue weighted by molar-refractivity contribution is 5.95. The Morgan fingerprint density at radius 1 is 1.12 bits per heavy atom. The van der Waals surface area contributed by atoms with Gasteiger partial charge in [-0.1, -0.05) is 35.0 Å². The zero-order valence-corrected chi connectivity index (χ0v) is 22.4. The highest BCUT2D eigenvalue weighted by Gasteiger charge is 2.26. The zero-order valence-electron chi connectivity index (χ0n) is 22.4. The van der Waals surface area contributed by atoms with E-state index >= 15 is 0 Å². The van der Waals surface area contributed by atoms with Gasteiger partial charge < -0.3 is 15.2 Å². The smallest absolute Gasteiger partial charge is 0.292 e. The predicted molar refractivity (Wildman–Crippen MR) is 146 cm³/mol. The summed E-state index contributed by atoms with van der Waals surface area (Å²) in [6.45, 7) is 7.13. The molecule has 13 nitrogen and oxygen atoms in total. The van der Waals surface area contributed by atoms with Crippen molar-refractivity contribution in [2.75, 3.05) is 25.4 Å². The first kappa shape index (κ1) is 26.8. The van der Waals surface area contributed by atoms with Crippen LogP contribution >= 0.6 is 0 Å². The second-order valence-electron chi connectivity index (χ2n) is 9.37. The van der Waals surface area contributed by atoms with Crippen LogP contribution < -0.4 is 20.6 Å². The maximum atomic E-state index is 13.3. The number of hydrazone groups is 1. The topological polar surface area (TPSA) is 159 Å². The number of ether oxygens (including phenoxy) is 2. The first-order chi connectivity index (χ1) is 19.5. The number of benzene rings is 2.